The van der Waals surface area contributed by atoms with Gasteiger partial charge in [-0.15, -0.1) is 0 Å². The molecule has 0 saturated carbocycles. The molecule has 22 heavy (non-hydrogen) atoms. The number of carbonyl (C=O) groups excluding carboxylic acids is 1. The molecule has 2 N–H and O–H groups in total. The zero-order valence-corrected chi connectivity index (χ0v) is 13.2. The molecule has 2 aliphatic heterocycles. The molecule has 1 saturated heterocycles. The van der Waals surface area contributed by atoms with Crippen molar-refractivity contribution >= 4 is 21.6 Å². The van der Waals surface area contributed by atoms with E-state index >= 15 is 0 Å². The van der Waals surface area contributed by atoms with Crippen molar-refractivity contribution in [2.24, 2.45) is 5.73 Å². The number of rotatable bonds is 2. The Bertz CT molecular complexity index is 698. The molecule has 1 atom stereocenters. The molecule has 0 spiro atoms. The monoisotopic (exact) mass is 325 g/mol. The van der Waals surface area contributed by atoms with Gasteiger partial charge in [-0.1, -0.05) is 0 Å². The fourth-order valence-corrected chi connectivity index (χ4v) is 4.35. The third-order valence-corrected chi connectivity index (χ3v) is 6.11. The van der Waals surface area contributed by atoms with Crippen LogP contribution in [0.4, 0.5) is 5.69 Å². The highest BCUT2D eigenvalue weighted by molar-refractivity contribution is 7.89. The molecule has 8 heteroatoms. The van der Waals surface area contributed by atoms with Gasteiger partial charge in [0.15, 0.2) is 0 Å². The standard InChI is InChI=1S/C14H19N3O4S/c1-16-9-12(14(15)18)11-8-10(17-4-6-21-7-5-17)2-3-13(11)22(16,19)20/h2-3,8,12H,4-7,9H2,1H3,(H2,15,18). The maximum atomic E-state index is 12.4. The maximum absolute atomic E-state index is 12.4. The normalized spacial score (nSPS) is 24.8. The summed E-state index contributed by atoms with van der Waals surface area (Å²) in [6, 6.07) is 5.13. The second kappa shape index (κ2) is 5.53. The Morgan fingerprint density at radius 2 is 2.00 bits per heavy atom. The molecule has 2 aliphatic rings. The van der Waals surface area contributed by atoms with Crippen LogP contribution < -0.4 is 10.6 Å². The molecule has 7 nitrogen and oxygen atoms in total. The smallest absolute Gasteiger partial charge is 0.243 e. The van der Waals surface area contributed by atoms with Gasteiger partial charge in [0.2, 0.25) is 15.9 Å². The van der Waals surface area contributed by atoms with Crippen molar-refractivity contribution in [1.29, 1.82) is 0 Å². The highest BCUT2D eigenvalue weighted by atomic mass is 32.2. The molecule has 0 aliphatic carbocycles. The lowest BCUT2D eigenvalue weighted by molar-refractivity contribution is -0.119. The van der Waals surface area contributed by atoms with Gasteiger partial charge in [-0.3, -0.25) is 4.79 Å². The topological polar surface area (TPSA) is 92.9 Å². The fraction of sp³-hybridized carbons (Fsp3) is 0.500. The average molecular weight is 325 g/mol. The van der Waals surface area contributed by atoms with E-state index in [1.165, 1.54) is 11.4 Å². The Morgan fingerprint density at radius 3 is 2.64 bits per heavy atom. The largest absolute Gasteiger partial charge is 0.378 e. The van der Waals surface area contributed by atoms with Crippen LogP contribution in [0, 0.1) is 0 Å². The lowest BCUT2D eigenvalue weighted by atomic mass is 9.97. The summed E-state index contributed by atoms with van der Waals surface area (Å²) in [6.07, 6.45) is 0. The lowest BCUT2D eigenvalue weighted by Crippen LogP contribution is -2.42. The van der Waals surface area contributed by atoms with E-state index in [1.807, 2.05) is 0 Å². The van der Waals surface area contributed by atoms with E-state index < -0.39 is 21.8 Å². The van der Waals surface area contributed by atoms with Crippen molar-refractivity contribution in [2.45, 2.75) is 10.8 Å². The van der Waals surface area contributed by atoms with Gasteiger partial charge >= 0.3 is 0 Å². The number of nitrogens with two attached hydrogens (primary N) is 1. The molecule has 1 unspecified atom stereocenters. The summed E-state index contributed by atoms with van der Waals surface area (Å²) >= 11 is 0. The third kappa shape index (κ3) is 2.47. The van der Waals surface area contributed by atoms with Gasteiger partial charge in [-0.2, -0.15) is 4.31 Å². The number of fused-ring (bicyclic) bond motifs is 1. The predicted octanol–water partition coefficient (Wildman–Crippen LogP) is -0.274. The molecular formula is C14H19N3O4S. The SMILES string of the molecule is CN1CC(C(N)=O)c2cc(N3CCOCC3)ccc2S1(=O)=O. The van der Waals surface area contributed by atoms with Crippen molar-refractivity contribution < 1.29 is 17.9 Å². The van der Waals surface area contributed by atoms with Crippen LogP contribution in [-0.4, -0.2) is 58.5 Å². The minimum atomic E-state index is -3.55. The summed E-state index contributed by atoms with van der Waals surface area (Å²) in [5.41, 5.74) is 6.86. The van der Waals surface area contributed by atoms with Crippen molar-refractivity contribution in [3.63, 3.8) is 0 Å². The zero-order chi connectivity index (χ0) is 15.9. The quantitative estimate of drug-likeness (QED) is 0.808. The summed E-state index contributed by atoms with van der Waals surface area (Å²) < 4.78 is 31.3. The average Bonchev–Trinajstić information content (AvgIpc) is 2.51. The summed E-state index contributed by atoms with van der Waals surface area (Å²) in [5.74, 6) is -1.13. The predicted molar refractivity (Wildman–Crippen MR) is 81.2 cm³/mol. The molecular weight excluding hydrogens is 306 g/mol. The highest BCUT2D eigenvalue weighted by Gasteiger charge is 2.37. The van der Waals surface area contributed by atoms with Crippen LogP contribution >= 0.6 is 0 Å². The van der Waals surface area contributed by atoms with Crippen molar-refractivity contribution in [3.8, 4) is 0 Å². The summed E-state index contributed by atoms with van der Waals surface area (Å²) in [5, 5.41) is 0. The Morgan fingerprint density at radius 1 is 1.32 bits per heavy atom. The molecule has 0 radical (unpaired) electrons. The molecule has 1 amide bonds. The molecule has 1 aromatic carbocycles. The van der Waals surface area contributed by atoms with Gasteiger partial charge < -0.3 is 15.4 Å². The number of carbonyl (C=O) groups is 1. The Labute approximate surface area is 129 Å². The fourth-order valence-electron chi connectivity index (χ4n) is 2.93. The van der Waals surface area contributed by atoms with Crippen LogP contribution in [-0.2, 0) is 19.6 Å². The van der Waals surface area contributed by atoms with Crippen LogP contribution in [0.15, 0.2) is 23.1 Å². The van der Waals surface area contributed by atoms with Gasteiger partial charge in [0, 0.05) is 32.4 Å². The number of ether oxygens (including phenoxy) is 1. The van der Waals surface area contributed by atoms with Gasteiger partial charge in [0.05, 0.1) is 24.0 Å². The summed E-state index contributed by atoms with van der Waals surface area (Å²) in [4.78, 5) is 14.0. The number of morpholine rings is 1. The second-order valence-electron chi connectivity index (χ2n) is 5.56. The number of likely N-dealkylation sites (N-methyl/N-ethyl adjacent to an activating group) is 1. The molecule has 0 bridgehead atoms. The first-order valence-electron chi connectivity index (χ1n) is 7.13. The van der Waals surface area contributed by atoms with E-state index in [1.54, 1.807) is 18.2 Å². The first-order valence-corrected chi connectivity index (χ1v) is 8.57. The number of sulfonamides is 1. The van der Waals surface area contributed by atoms with Crippen LogP contribution in [0.1, 0.15) is 11.5 Å². The Kier molecular flexibility index (Phi) is 3.84. The van der Waals surface area contributed by atoms with Crippen molar-refractivity contribution in [2.75, 3.05) is 44.8 Å². The summed E-state index contributed by atoms with van der Waals surface area (Å²) in [6.45, 7) is 2.84. The van der Waals surface area contributed by atoms with Crippen LogP contribution in [0.3, 0.4) is 0 Å². The minimum absolute atomic E-state index is 0.0806. The van der Waals surface area contributed by atoms with Gasteiger partial charge in [0.1, 0.15) is 0 Å². The molecule has 3 rings (SSSR count). The van der Waals surface area contributed by atoms with Gasteiger partial charge in [-0.25, -0.2) is 8.42 Å². The van der Waals surface area contributed by atoms with E-state index in [0.29, 0.717) is 18.8 Å². The number of anilines is 1. The first kappa shape index (κ1) is 15.3. The minimum Gasteiger partial charge on any atom is -0.378 e. The molecule has 120 valence electrons. The number of primary amides is 1. The van der Waals surface area contributed by atoms with Crippen LogP contribution in [0.2, 0.25) is 0 Å². The number of benzene rings is 1. The van der Waals surface area contributed by atoms with E-state index in [2.05, 4.69) is 4.90 Å². The first-order chi connectivity index (χ1) is 10.4. The Balaban J connectivity index is 2.08. The molecule has 1 fully saturated rings. The molecule has 2 heterocycles. The lowest BCUT2D eigenvalue weighted by Gasteiger charge is -2.33. The van der Waals surface area contributed by atoms with Crippen molar-refractivity contribution in [1.82, 2.24) is 4.31 Å². The Hall–Kier alpha value is -1.64. The van der Waals surface area contributed by atoms with E-state index in [0.717, 1.165) is 18.8 Å². The number of hydrogen-bond donors (Lipinski definition) is 1. The number of amides is 1. The van der Waals surface area contributed by atoms with E-state index in [9.17, 15) is 13.2 Å². The van der Waals surface area contributed by atoms with Crippen molar-refractivity contribution in [3.05, 3.63) is 23.8 Å². The van der Waals surface area contributed by atoms with Gasteiger partial charge in [-0.05, 0) is 23.8 Å². The highest BCUT2D eigenvalue weighted by Crippen LogP contribution is 2.35. The second-order valence-corrected chi connectivity index (χ2v) is 7.58. The van der Waals surface area contributed by atoms with E-state index in [-0.39, 0.29) is 11.4 Å². The van der Waals surface area contributed by atoms with Gasteiger partial charge in [0.25, 0.3) is 0 Å². The van der Waals surface area contributed by atoms with E-state index in [4.69, 9.17) is 10.5 Å². The third-order valence-electron chi connectivity index (χ3n) is 4.22. The number of hydrogen-bond acceptors (Lipinski definition) is 5. The summed E-state index contributed by atoms with van der Waals surface area (Å²) in [7, 11) is -2.09. The zero-order valence-electron chi connectivity index (χ0n) is 12.4. The van der Waals surface area contributed by atoms with Crippen LogP contribution in [0.5, 0.6) is 0 Å². The molecule has 0 aromatic heterocycles. The van der Waals surface area contributed by atoms with Crippen LogP contribution in [0.25, 0.3) is 0 Å². The molecule has 1 aromatic rings. The number of nitrogens with zero attached hydrogens (tertiary/aromatic N) is 2. The maximum Gasteiger partial charge on any atom is 0.243 e.